The molecule has 1 saturated heterocycles. The predicted octanol–water partition coefficient (Wildman–Crippen LogP) is 4.98. The minimum Gasteiger partial charge on any atom is -0.423 e. The largest absolute Gasteiger partial charge is 0.423 e. The number of amides is 2. The maximum atomic E-state index is 13.2. The van der Waals surface area contributed by atoms with E-state index >= 15 is 0 Å². The number of benzene rings is 3. The Labute approximate surface area is 186 Å². The van der Waals surface area contributed by atoms with Crippen molar-refractivity contribution >= 4 is 23.5 Å². The van der Waals surface area contributed by atoms with Crippen molar-refractivity contribution in [2.24, 2.45) is 11.8 Å². The summed E-state index contributed by atoms with van der Waals surface area (Å²) in [6.45, 7) is 0. The molecule has 1 aliphatic heterocycles. The molecule has 1 heterocycles. The van der Waals surface area contributed by atoms with Crippen LogP contribution >= 0.6 is 0 Å². The average Bonchev–Trinajstić information content (AvgIpc) is 3.09. The molecule has 3 aromatic rings. The fraction of sp³-hybridized carbons (Fsp3) is 0.222. The fourth-order valence-electron chi connectivity index (χ4n) is 4.86. The van der Waals surface area contributed by atoms with Crippen LogP contribution in [0.4, 0.5) is 5.69 Å². The maximum Gasteiger partial charge on any atom is 0.343 e. The third-order valence-electron chi connectivity index (χ3n) is 6.51. The van der Waals surface area contributed by atoms with Crippen molar-refractivity contribution in [2.45, 2.75) is 25.2 Å². The summed E-state index contributed by atoms with van der Waals surface area (Å²) < 4.78 is 5.35. The van der Waals surface area contributed by atoms with Gasteiger partial charge in [0.15, 0.2) is 0 Å². The van der Waals surface area contributed by atoms with E-state index in [2.05, 4.69) is 12.1 Å². The highest BCUT2D eigenvalue weighted by atomic mass is 16.5. The molecule has 160 valence electrons. The molecule has 5 nitrogen and oxygen atoms in total. The second kappa shape index (κ2) is 8.42. The van der Waals surface area contributed by atoms with Gasteiger partial charge >= 0.3 is 5.97 Å². The lowest BCUT2D eigenvalue weighted by Crippen LogP contribution is -2.30. The Hall–Kier alpha value is -3.73. The van der Waals surface area contributed by atoms with Gasteiger partial charge < -0.3 is 4.74 Å². The number of carbonyl (C=O) groups is 3. The molecule has 1 aliphatic carbocycles. The van der Waals surface area contributed by atoms with E-state index in [9.17, 15) is 14.4 Å². The van der Waals surface area contributed by atoms with Crippen LogP contribution in [-0.4, -0.2) is 17.8 Å². The summed E-state index contributed by atoms with van der Waals surface area (Å²) in [5.41, 5.74) is 2.09. The van der Waals surface area contributed by atoms with E-state index < -0.39 is 5.97 Å². The lowest BCUT2D eigenvalue weighted by atomic mass is 9.73. The topological polar surface area (TPSA) is 63.7 Å². The van der Waals surface area contributed by atoms with Crippen LogP contribution in [0.1, 0.15) is 41.1 Å². The third-order valence-corrected chi connectivity index (χ3v) is 6.51. The number of ether oxygens (including phenoxy) is 1. The van der Waals surface area contributed by atoms with E-state index in [1.165, 1.54) is 10.5 Å². The van der Waals surface area contributed by atoms with Gasteiger partial charge in [-0.05, 0) is 67.1 Å². The van der Waals surface area contributed by atoms with E-state index in [0.717, 1.165) is 6.42 Å². The van der Waals surface area contributed by atoms with Gasteiger partial charge in [-0.2, -0.15) is 0 Å². The van der Waals surface area contributed by atoms with Crippen LogP contribution in [0.2, 0.25) is 0 Å². The van der Waals surface area contributed by atoms with E-state index in [4.69, 9.17) is 4.74 Å². The molecule has 0 radical (unpaired) electrons. The minimum atomic E-state index is -0.485. The normalized spacial score (nSPS) is 22.5. The molecule has 2 fully saturated rings. The Morgan fingerprint density at radius 3 is 2.06 bits per heavy atom. The van der Waals surface area contributed by atoms with E-state index in [1.807, 2.05) is 24.3 Å². The zero-order valence-corrected chi connectivity index (χ0v) is 17.5. The first-order valence-corrected chi connectivity index (χ1v) is 10.9. The summed E-state index contributed by atoms with van der Waals surface area (Å²) in [6.07, 6.45) is 2.31. The van der Waals surface area contributed by atoms with Crippen LogP contribution in [0.15, 0.2) is 84.9 Å². The number of rotatable bonds is 4. The van der Waals surface area contributed by atoms with Crippen molar-refractivity contribution in [3.63, 3.8) is 0 Å². The maximum absolute atomic E-state index is 13.2. The molecule has 5 rings (SSSR count). The van der Waals surface area contributed by atoms with E-state index in [0.29, 0.717) is 35.8 Å². The van der Waals surface area contributed by atoms with Crippen LogP contribution in [0.3, 0.4) is 0 Å². The number of imide groups is 1. The Balaban J connectivity index is 1.31. The number of anilines is 1. The SMILES string of the molecule is O=C(Oc1ccccc1)c1ccc(N2C(=O)C3CCC(c4ccccc4)CC3C2=O)cc1. The van der Waals surface area contributed by atoms with Crippen molar-refractivity contribution in [1.29, 1.82) is 0 Å². The summed E-state index contributed by atoms with van der Waals surface area (Å²) in [6, 6.07) is 25.5. The molecule has 3 aromatic carbocycles. The molecule has 2 aliphatic rings. The standard InChI is InChI=1S/C27H23NO4/c29-25-23-16-13-20(18-7-3-1-4-8-18)17-24(23)26(30)28(25)21-14-11-19(12-15-21)27(31)32-22-9-5-2-6-10-22/h1-12,14-15,20,23-24H,13,16-17H2. The highest BCUT2D eigenvalue weighted by molar-refractivity contribution is 6.22. The van der Waals surface area contributed by atoms with Crippen LogP contribution < -0.4 is 9.64 Å². The number of para-hydroxylation sites is 1. The first-order valence-electron chi connectivity index (χ1n) is 10.9. The van der Waals surface area contributed by atoms with Crippen molar-refractivity contribution in [1.82, 2.24) is 0 Å². The first-order chi connectivity index (χ1) is 15.6. The van der Waals surface area contributed by atoms with Gasteiger partial charge in [0.1, 0.15) is 5.75 Å². The number of carbonyl (C=O) groups excluding carboxylic acids is 3. The number of esters is 1. The molecular weight excluding hydrogens is 402 g/mol. The number of fused-ring (bicyclic) bond motifs is 1. The van der Waals surface area contributed by atoms with Crippen LogP contribution in [0.25, 0.3) is 0 Å². The molecule has 2 amide bonds. The quantitative estimate of drug-likeness (QED) is 0.336. The smallest absolute Gasteiger partial charge is 0.343 e. The highest BCUT2D eigenvalue weighted by Crippen LogP contribution is 2.45. The van der Waals surface area contributed by atoms with Gasteiger partial charge in [0.05, 0.1) is 23.1 Å². The van der Waals surface area contributed by atoms with Gasteiger partial charge in [-0.25, -0.2) is 4.79 Å². The van der Waals surface area contributed by atoms with Gasteiger partial charge in [-0.15, -0.1) is 0 Å². The van der Waals surface area contributed by atoms with Crippen LogP contribution in [-0.2, 0) is 9.59 Å². The lowest BCUT2D eigenvalue weighted by molar-refractivity contribution is -0.122. The van der Waals surface area contributed by atoms with Gasteiger partial charge in [-0.3, -0.25) is 14.5 Å². The molecule has 5 heteroatoms. The molecule has 32 heavy (non-hydrogen) atoms. The summed E-state index contributed by atoms with van der Waals surface area (Å²) in [5.74, 6) is -0.547. The Morgan fingerprint density at radius 2 is 1.38 bits per heavy atom. The molecule has 3 atom stereocenters. The molecule has 0 bridgehead atoms. The second-order valence-electron chi connectivity index (χ2n) is 8.39. The molecule has 0 N–H and O–H groups in total. The molecular formula is C27H23NO4. The Morgan fingerprint density at radius 1 is 0.750 bits per heavy atom. The Bertz CT molecular complexity index is 1140. The summed E-state index contributed by atoms with van der Waals surface area (Å²) in [7, 11) is 0. The monoisotopic (exact) mass is 425 g/mol. The fourth-order valence-corrected chi connectivity index (χ4v) is 4.86. The molecule has 0 aromatic heterocycles. The lowest BCUT2D eigenvalue weighted by Gasteiger charge is -2.28. The summed E-state index contributed by atoms with van der Waals surface area (Å²) in [5, 5.41) is 0. The zero-order valence-electron chi connectivity index (χ0n) is 17.5. The van der Waals surface area contributed by atoms with Crippen molar-refractivity contribution in [3.05, 3.63) is 96.1 Å². The second-order valence-corrected chi connectivity index (χ2v) is 8.39. The van der Waals surface area contributed by atoms with Gasteiger partial charge in [0.25, 0.3) is 0 Å². The number of hydrogen-bond donors (Lipinski definition) is 0. The van der Waals surface area contributed by atoms with Crippen molar-refractivity contribution in [3.8, 4) is 5.75 Å². The average molecular weight is 425 g/mol. The van der Waals surface area contributed by atoms with Gasteiger partial charge in [-0.1, -0.05) is 48.5 Å². The molecule has 0 spiro atoms. The predicted molar refractivity (Wildman–Crippen MR) is 120 cm³/mol. The molecule has 3 unspecified atom stereocenters. The third kappa shape index (κ3) is 3.71. The van der Waals surface area contributed by atoms with Gasteiger partial charge in [0.2, 0.25) is 11.8 Å². The summed E-state index contributed by atoms with van der Waals surface area (Å²) in [4.78, 5) is 40.0. The number of nitrogens with zero attached hydrogens (tertiary/aromatic N) is 1. The van der Waals surface area contributed by atoms with Crippen LogP contribution in [0, 0.1) is 11.8 Å². The highest BCUT2D eigenvalue weighted by Gasteiger charge is 2.50. The van der Waals surface area contributed by atoms with Crippen LogP contribution in [0.5, 0.6) is 5.75 Å². The van der Waals surface area contributed by atoms with E-state index in [1.54, 1.807) is 48.5 Å². The first kappa shape index (κ1) is 20.2. The van der Waals surface area contributed by atoms with Crippen molar-refractivity contribution < 1.29 is 19.1 Å². The molecule has 1 saturated carbocycles. The van der Waals surface area contributed by atoms with Crippen molar-refractivity contribution in [2.75, 3.05) is 4.90 Å². The van der Waals surface area contributed by atoms with E-state index in [-0.39, 0.29) is 23.7 Å². The van der Waals surface area contributed by atoms with Gasteiger partial charge in [0, 0.05) is 0 Å². The Kier molecular flexibility index (Phi) is 5.31. The summed E-state index contributed by atoms with van der Waals surface area (Å²) >= 11 is 0. The number of hydrogen-bond acceptors (Lipinski definition) is 4. The zero-order chi connectivity index (χ0) is 22.1. The minimum absolute atomic E-state index is 0.133.